The summed E-state index contributed by atoms with van der Waals surface area (Å²) in [6.07, 6.45) is 0. The van der Waals surface area contributed by atoms with E-state index in [1.807, 2.05) is 19.1 Å². The second-order valence-corrected chi connectivity index (χ2v) is 2.94. The van der Waals surface area contributed by atoms with E-state index >= 15 is 0 Å². The van der Waals surface area contributed by atoms with Crippen LogP contribution in [0, 0.1) is 6.92 Å². The molecule has 1 aromatic heterocycles. The van der Waals surface area contributed by atoms with Gasteiger partial charge in [0.15, 0.2) is 0 Å². The van der Waals surface area contributed by atoms with Crippen molar-refractivity contribution in [3.05, 3.63) is 35.4 Å². The van der Waals surface area contributed by atoms with Gasteiger partial charge in [-0.1, -0.05) is 29.4 Å². The summed E-state index contributed by atoms with van der Waals surface area (Å²) in [5.74, 6) is -0.322. The molecule has 1 aromatic carbocycles. The summed E-state index contributed by atoms with van der Waals surface area (Å²) >= 11 is 0. The number of aryl methyl sites for hydroxylation is 1. The fourth-order valence-electron chi connectivity index (χ4n) is 1.17. The lowest BCUT2D eigenvalue weighted by molar-refractivity contribution is -0.212. The molecule has 2 rings (SSSR count). The van der Waals surface area contributed by atoms with Gasteiger partial charge >= 0.3 is 0 Å². The summed E-state index contributed by atoms with van der Waals surface area (Å²) in [7, 11) is 0. The molecule has 0 radical (unpaired) electrons. The van der Waals surface area contributed by atoms with Gasteiger partial charge < -0.3 is 5.11 Å². The largest absolute Gasteiger partial charge is 0.858 e. The van der Waals surface area contributed by atoms with Crippen LogP contribution in [-0.2, 0) is 0 Å². The van der Waals surface area contributed by atoms with Crippen molar-refractivity contribution >= 4 is 11.8 Å². The van der Waals surface area contributed by atoms with Crippen LogP contribution in [0.3, 0.4) is 0 Å². The molecule has 0 saturated heterocycles. The van der Waals surface area contributed by atoms with E-state index in [0.717, 1.165) is 5.56 Å². The van der Waals surface area contributed by atoms with Crippen LogP contribution in [-0.4, -0.2) is 26.5 Å². The normalized spacial score (nSPS) is 11.7. The van der Waals surface area contributed by atoms with Gasteiger partial charge in [0.05, 0.1) is 0 Å². The first-order valence-electron chi connectivity index (χ1n) is 4.32. The molecule has 0 bridgehead atoms. The Morgan fingerprint density at radius 3 is 2.87 bits per heavy atom. The molecule has 2 aromatic rings. The molecule has 0 aliphatic heterocycles. The van der Waals surface area contributed by atoms with E-state index in [9.17, 15) is 5.11 Å². The number of aliphatic imine (C=N–C) groups is 1. The molecule has 0 atom stereocenters. The molecule has 0 fully saturated rings. The number of nitrogens with zero attached hydrogens (tertiary/aromatic N) is 4. The SMILES string of the molecule is Cc1ccccc1C([O-])=Nc1nn[nH]n1. The average Bonchev–Trinajstić information content (AvgIpc) is 2.71. The average molecular weight is 202 g/mol. The predicted molar refractivity (Wildman–Crippen MR) is 51.6 cm³/mol. The maximum absolute atomic E-state index is 11.6. The van der Waals surface area contributed by atoms with Crippen molar-refractivity contribution in [1.29, 1.82) is 0 Å². The molecule has 76 valence electrons. The number of rotatable bonds is 2. The fourth-order valence-corrected chi connectivity index (χ4v) is 1.17. The lowest BCUT2D eigenvalue weighted by atomic mass is 10.1. The Kier molecular flexibility index (Phi) is 2.40. The number of tetrazole rings is 1. The lowest BCUT2D eigenvalue weighted by Gasteiger charge is -2.11. The van der Waals surface area contributed by atoms with Gasteiger partial charge in [-0.05, 0) is 29.2 Å². The topological polar surface area (TPSA) is 89.9 Å². The van der Waals surface area contributed by atoms with Crippen molar-refractivity contribution in [1.82, 2.24) is 20.6 Å². The summed E-state index contributed by atoms with van der Waals surface area (Å²) in [5.41, 5.74) is 1.41. The number of H-pyrrole nitrogens is 1. The Bertz CT molecular complexity index is 477. The van der Waals surface area contributed by atoms with E-state index in [1.165, 1.54) is 0 Å². The van der Waals surface area contributed by atoms with Gasteiger partial charge in [0.1, 0.15) is 0 Å². The Labute approximate surface area is 85.7 Å². The van der Waals surface area contributed by atoms with Gasteiger partial charge in [-0.15, -0.1) is 5.10 Å². The summed E-state index contributed by atoms with van der Waals surface area (Å²) in [6, 6.07) is 7.20. The van der Waals surface area contributed by atoms with E-state index in [4.69, 9.17) is 0 Å². The smallest absolute Gasteiger partial charge is 0.288 e. The molecule has 0 saturated carbocycles. The maximum atomic E-state index is 11.6. The molecule has 0 amide bonds. The van der Waals surface area contributed by atoms with E-state index < -0.39 is 0 Å². The minimum absolute atomic E-state index is 0.0447. The number of aromatic amines is 1. The first-order valence-corrected chi connectivity index (χ1v) is 4.32. The van der Waals surface area contributed by atoms with E-state index in [0.29, 0.717) is 5.56 Å². The highest BCUT2D eigenvalue weighted by molar-refractivity contribution is 5.93. The Morgan fingerprint density at radius 1 is 1.40 bits per heavy atom. The highest BCUT2D eigenvalue weighted by Crippen LogP contribution is 2.08. The van der Waals surface area contributed by atoms with Gasteiger partial charge in [0, 0.05) is 0 Å². The zero-order chi connectivity index (χ0) is 10.7. The van der Waals surface area contributed by atoms with Crippen LogP contribution in [0.25, 0.3) is 0 Å². The molecule has 0 aliphatic carbocycles. The van der Waals surface area contributed by atoms with Gasteiger partial charge in [-0.3, -0.25) is 0 Å². The minimum atomic E-state index is -0.366. The lowest BCUT2D eigenvalue weighted by Crippen LogP contribution is -2.19. The maximum Gasteiger partial charge on any atom is 0.288 e. The second-order valence-electron chi connectivity index (χ2n) is 2.94. The first-order chi connectivity index (χ1) is 7.27. The van der Waals surface area contributed by atoms with Crippen LogP contribution in [0.2, 0.25) is 0 Å². The summed E-state index contributed by atoms with van der Waals surface area (Å²) in [5, 5.41) is 24.3. The minimum Gasteiger partial charge on any atom is -0.858 e. The van der Waals surface area contributed by atoms with Gasteiger partial charge in [-0.25, -0.2) is 4.99 Å². The number of hydrogen-bond donors (Lipinski definition) is 1. The van der Waals surface area contributed by atoms with Crippen molar-refractivity contribution in [2.24, 2.45) is 4.99 Å². The van der Waals surface area contributed by atoms with Crippen molar-refractivity contribution in [2.45, 2.75) is 6.92 Å². The molecule has 6 nitrogen and oxygen atoms in total. The molecule has 0 aliphatic rings. The predicted octanol–water partition coefficient (Wildman–Crippen LogP) is -0.0533. The molecule has 0 spiro atoms. The zero-order valence-electron chi connectivity index (χ0n) is 8.01. The molecule has 1 heterocycles. The highest BCUT2D eigenvalue weighted by Gasteiger charge is 1.98. The van der Waals surface area contributed by atoms with Crippen molar-refractivity contribution in [3.8, 4) is 0 Å². The quantitative estimate of drug-likeness (QED) is 0.546. The summed E-state index contributed by atoms with van der Waals surface area (Å²) in [6.45, 7) is 1.85. The molecular formula is C9H8N5O-. The summed E-state index contributed by atoms with van der Waals surface area (Å²) < 4.78 is 0. The molecule has 1 N–H and O–H groups in total. The number of benzene rings is 1. The molecule has 0 unspecified atom stereocenters. The van der Waals surface area contributed by atoms with Crippen molar-refractivity contribution in [2.75, 3.05) is 0 Å². The molecular weight excluding hydrogens is 194 g/mol. The number of nitrogens with one attached hydrogen (secondary N) is 1. The van der Waals surface area contributed by atoms with E-state index in [1.54, 1.807) is 12.1 Å². The molecule has 6 heteroatoms. The Morgan fingerprint density at radius 2 is 2.20 bits per heavy atom. The van der Waals surface area contributed by atoms with Crippen LogP contribution in [0.1, 0.15) is 11.1 Å². The Balaban J connectivity index is 2.36. The summed E-state index contributed by atoms with van der Waals surface area (Å²) in [4.78, 5) is 3.70. The Hall–Kier alpha value is -2.24. The fraction of sp³-hybridized carbons (Fsp3) is 0.111. The number of aromatic nitrogens is 4. The third kappa shape index (κ3) is 1.98. The van der Waals surface area contributed by atoms with Crippen LogP contribution >= 0.6 is 0 Å². The van der Waals surface area contributed by atoms with Gasteiger partial charge in [-0.2, -0.15) is 5.21 Å². The van der Waals surface area contributed by atoms with Crippen LogP contribution in [0.15, 0.2) is 29.3 Å². The van der Waals surface area contributed by atoms with Gasteiger partial charge in [0.2, 0.25) is 0 Å². The second kappa shape index (κ2) is 3.87. The monoisotopic (exact) mass is 202 g/mol. The van der Waals surface area contributed by atoms with Crippen LogP contribution < -0.4 is 5.11 Å². The van der Waals surface area contributed by atoms with E-state index in [-0.39, 0.29) is 11.8 Å². The third-order valence-corrected chi connectivity index (χ3v) is 1.91. The third-order valence-electron chi connectivity index (χ3n) is 1.91. The van der Waals surface area contributed by atoms with Crippen LogP contribution in [0.4, 0.5) is 5.95 Å². The van der Waals surface area contributed by atoms with Crippen molar-refractivity contribution in [3.63, 3.8) is 0 Å². The molecule has 15 heavy (non-hydrogen) atoms. The standard InChI is InChI=1S/C9H9N5O/c1-6-4-2-3-5-7(6)8(15)10-9-11-13-14-12-9/h2-5H,1H3,(H2,10,11,12,13,14,15)/p-1. The van der Waals surface area contributed by atoms with Crippen molar-refractivity contribution < 1.29 is 5.11 Å². The highest BCUT2D eigenvalue weighted by atomic mass is 16.3. The zero-order valence-corrected chi connectivity index (χ0v) is 8.01. The van der Waals surface area contributed by atoms with E-state index in [2.05, 4.69) is 25.6 Å². The van der Waals surface area contributed by atoms with Gasteiger partial charge in [0.25, 0.3) is 5.95 Å². The van der Waals surface area contributed by atoms with Crippen LogP contribution in [0.5, 0.6) is 0 Å². The first kappa shape index (κ1) is 9.32. The number of hydrogen-bond acceptors (Lipinski definition) is 5.